The smallest absolute Gasteiger partial charge is 0.134 e. The minimum absolute atomic E-state index is 0.759. The topological polar surface area (TPSA) is 34.9 Å². The van der Waals surface area contributed by atoms with Crippen molar-refractivity contribution in [1.29, 1.82) is 0 Å². The lowest BCUT2D eigenvalue weighted by Crippen LogP contribution is -1.84. The van der Waals surface area contributed by atoms with Gasteiger partial charge in [0.25, 0.3) is 0 Å². The van der Waals surface area contributed by atoms with Gasteiger partial charge in [0.1, 0.15) is 5.03 Å². The molecule has 0 bridgehead atoms. The Kier molecular flexibility index (Phi) is 0.843. The molecule has 0 N–H and O–H groups in total. The molecule has 0 aliphatic carbocycles. The van der Waals surface area contributed by atoms with Crippen molar-refractivity contribution in [2.75, 3.05) is 0 Å². The lowest BCUT2D eigenvalue weighted by Gasteiger charge is -1.85. The Morgan fingerprint density at radius 3 is 3.33 bits per heavy atom. The normalized spacial score (nSPS) is 22.4. The van der Waals surface area contributed by atoms with E-state index >= 15 is 0 Å². The van der Waals surface area contributed by atoms with Gasteiger partial charge in [0.05, 0.1) is 23.3 Å². The van der Waals surface area contributed by atoms with Gasteiger partial charge in [-0.15, -0.1) is 0 Å². The SMILES string of the molecule is O=S1C=Cn2cncc21. The molecule has 4 heteroatoms. The second kappa shape index (κ2) is 1.54. The molecule has 2 heterocycles. The molecular weight excluding hydrogens is 136 g/mol. The van der Waals surface area contributed by atoms with Gasteiger partial charge in [-0.25, -0.2) is 9.19 Å². The second-order valence-electron chi connectivity index (χ2n) is 1.72. The number of imidazole rings is 1. The van der Waals surface area contributed by atoms with Crippen LogP contribution in [0.25, 0.3) is 6.20 Å². The van der Waals surface area contributed by atoms with E-state index in [1.807, 2.05) is 0 Å². The Morgan fingerprint density at radius 2 is 2.56 bits per heavy atom. The fraction of sp³-hybridized carbons (Fsp3) is 0. The highest BCUT2D eigenvalue weighted by Gasteiger charge is 2.10. The van der Waals surface area contributed by atoms with E-state index in [1.54, 1.807) is 28.7 Å². The molecule has 2 rings (SSSR count). The van der Waals surface area contributed by atoms with Crippen LogP contribution in [0, 0.1) is 0 Å². The Hall–Kier alpha value is -0.900. The predicted molar refractivity (Wildman–Crippen MR) is 34.0 cm³/mol. The number of rotatable bonds is 0. The molecule has 1 aromatic heterocycles. The highest BCUT2D eigenvalue weighted by Crippen LogP contribution is 2.13. The molecule has 46 valence electrons. The first-order chi connectivity index (χ1) is 4.38. The first-order valence-electron chi connectivity index (χ1n) is 2.48. The minimum Gasteiger partial charge on any atom is -0.298 e. The van der Waals surface area contributed by atoms with E-state index in [0.29, 0.717) is 0 Å². The fourth-order valence-electron chi connectivity index (χ4n) is 0.751. The van der Waals surface area contributed by atoms with Crippen LogP contribution in [0.4, 0.5) is 0 Å². The van der Waals surface area contributed by atoms with Crippen LogP contribution in [0.5, 0.6) is 0 Å². The van der Waals surface area contributed by atoms with Crippen LogP contribution in [0.15, 0.2) is 23.0 Å². The summed E-state index contributed by atoms with van der Waals surface area (Å²) in [6.07, 6.45) is 4.99. The molecule has 1 aliphatic rings. The molecule has 0 radical (unpaired) electrons. The Labute approximate surface area is 54.5 Å². The molecule has 9 heavy (non-hydrogen) atoms. The van der Waals surface area contributed by atoms with E-state index in [0.717, 1.165) is 5.03 Å². The summed E-state index contributed by atoms with van der Waals surface area (Å²) in [5.74, 6) is 0. The van der Waals surface area contributed by atoms with Gasteiger partial charge in [0, 0.05) is 11.6 Å². The molecule has 0 fully saturated rings. The summed E-state index contributed by atoms with van der Waals surface area (Å²) in [6.45, 7) is 0. The zero-order valence-corrected chi connectivity index (χ0v) is 5.34. The first-order valence-corrected chi connectivity index (χ1v) is 3.70. The zero-order chi connectivity index (χ0) is 6.27. The Bertz CT molecular complexity index is 289. The molecule has 1 atom stereocenters. The minimum atomic E-state index is -0.947. The molecule has 0 spiro atoms. The van der Waals surface area contributed by atoms with Crippen molar-refractivity contribution in [3.63, 3.8) is 0 Å². The second-order valence-corrected chi connectivity index (χ2v) is 3.01. The summed E-state index contributed by atoms with van der Waals surface area (Å²) >= 11 is 0. The third kappa shape index (κ3) is 0.564. The van der Waals surface area contributed by atoms with E-state index in [4.69, 9.17) is 0 Å². The number of hydrogen-bond acceptors (Lipinski definition) is 2. The van der Waals surface area contributed by atoms with Gasteiger partial charge >= 0.3 is 0 Å². The van der Waals surface area contributed by atoms with Crippen LogP contribution < -0.4 is 0 Å². The molecule has 0 aromatic carbocycles. The zero-order valence-electron chi connectivity index (χ0n) is 4.52. The molecule has 3 nitrogen and oxygen atoms in total. The molecule has 1 aromatic rings. The van der Waals surface area contributed by atoms with Crippen molar-refractivity contribution < 1.29 is 4.21 Å². The van der Waals surface area contributed by atoms with Crippen LogP contribution in [-0.4, -0.2) is 13.8 Å². The maximum absolute atomic E-state index is 10.9. The molecule has 0 saturated heterocycles. The maximum Gasteiger partial charge on any atom is 0.134 e. The summed E-state index contributed by atoms with van der Waals surface area (Å²) in [7, 11) is -0.947. The van der Waals surface area contributed by atoms with Crippen LogP contribution >= 0.6 is 0 Å². The van der Waals surface area contributed by atoms with E-state index < -0.39 is 10.8 Å². The fourth-order valence-corrected chi connectivity index (χ4v) is 1.61. The van der Waals surface area contributed by atoms with Crippen molar-refractivity contribution in [3.8, 4) is 0 Å². The van der Waals surface area contributed by atoms with E-state index in [2.05, 4.69) is 4.98 Å². The summed E-state index contributed by atoms with van der Waals surface area (Å²) in [6, 6.07) is 0. The summed E-state index contributed by atoms with van der Waals surface area (Å²) < 4.78 is 12.6. The number of aromatic nitrogens is 2. The lowest BCUT2D eigenvalue weighted by molar-refractivity contribution is 0.686. The van der Waals surface area contributed by atoms with Gasteiger partial charge in [-0.05, 0) is 0 Å². The average Bonchev–Trinajstić information content (AvgIpc) is 2.35. The van der Waals surface area contributed by atoms with Crippen molar-refractivity contribution in [1.82, 2.24) is 9.55 Å². The quantitative estimate of drug-likeness (QED) is 0.524. The van der Waals surface area contributed by atoms with Gasteiger partial charge in [-0.3, -0.25) is 4.57 Å². The van der Waals surface area contributed by atoms with Crippen molar-refractivity contribution in [2.24, 2.45) is 0 Å². The predicted octanol–water partition coefficient (Wildman–Crippen LogP) is 0.432. The Morgan fingerprint density at radius 1 is 1.67 bits per heavy atom. The third-order valence-electron chi connectivity index (χ3n) is 1.18. The summed E-state index contributed by atoms with van der Waals surface area (Å²) in [5.41, 5.74) is 0. The summed E-state index contributed by atoms with van der Waals surface area (Å²) in [4.78, 5) is 3.81. The molecule has 0 saturated carbocycles. The van der Waals surface area contributed by atoms with Crippen molar-refractivity contribution in [3.05, 3.63) is 17.9 Å². The van der Waals surface area contributed by atoms with Gasteiger partial charge in [-0.2, -0.15) is 0 Å². The number of fused-ring (bicyclic) bond motifs is 1. The molecule has 1 aliphatic heterocycles. The maximum atomic E-state index is 10.9. The van der Waals surface area contributed by atoms with Crippen LogP contribution in [-0.2, 0) is 10.8 Å². The standard InChI is InChI=1S/C5H4N2OS/c8-9-2-1-7-4-6-3-5(7)9/h1-4H. The first kappa shape index (κ1) is 4.93. The number of nitrogens with zero attached hydrogens (tertiary/aromatic N) is 2. The van der Waals surface area contributed by atoms with Gasteiger partial charge in [0.15, 0.2) is 0 Å². The largest absolute Gasteiger partial charge is 0.298 e. The van der Waals surface area contributed by atoms with E-state index in [9.17, 15) is 4.21 Å². The third-order valence-corrected chi connectivity index (χ3v) is 2.28. The average molecular weight is 140 g/mol. The van der Waals surface area contributed by atoms with Gasteiger partial charge in [0.2, 0.25) is 0 Å². The van der Waals surface area contributed by atoms with Crippen LogP contribution in [0.1, 0.15) is 0 Å². The molecule has 1 unspecified atom stereocenters. The van der Waals surface area contributed by atoms with Crippen LogP contribution in [0.3, 0.4) is 0 Å². The highest BCUT2D eigenvalue weighted by molar-refractivity contribution is 7.88. The highest BCUT2D eigenvalue weighted by atomic mass is 32.2. The number of hydrogen-bond donors (Lipinski definition) is 0. The van der Waals surface area contributed by atoms with E-state index in [-0.39, 0.29) is 0 Å². The molecular formula is C5H4N2OS. The van der Waals surface area contributed by atoms with E-state index in [1.165, 1.54) is 0 Å². The summed E-state index contributed by atoms with van der Waals surface area (Å²) in [5, 5.41) is 2.40. The molecule has 0 amide bonds. The van der Waals surface area contributed by atoms with Crippen molar-refractivity contribution >= 4 is 17.0 Å². The van der Waals surface area contributed by atoms with Gasteiger partial charge < -0.3 is 0 Å². The Balaban J connectivity index is 2.73. The van der Waals surface area contributed by atoms with Crippen molar-refractivity contribution in [2.45, 2.75) is 5.03 Å². The lowest BCUT2D eigenvalue weighted by atomic mass is 10.9. The monoisotopic (exact) mass is 140 g/mol. The van der Waals surface area contributed by atoms with Crippen LogP contribution in [0.2, 0.25) is 0 Å². The van der Waals surface area contributed by atoms with Gasteiger partial charge in [-0.1, -0.05) is 0 Å².